The van der Waals surface area contributed by atoms with E-state index >= 15 is 0 Å². The van der Waals surface area contributed by atoms with E-state index in [0.717, 1.165) is 19.6 Å². The van der Waals surface area contributed by atoms with Gasteiger partial charge in [0, 0.05) is 25.2 Å². The largest absolute Gasteiger partial charge is 0.484 e. The molecule has 0 unspecified atom stereocenters. The SMILES string of the molecule is CN1CC[C@H]2CN(C(=O)COc3ccc4c(c3)OCO4)C[C@H]21. The molecule has 6 nitrogen and oxygen atoms in total. The first-order chi connectivity index (χ1) is 10.7. The summed E-state index contributed by atoms with van der Waals surface area (Å²) in [6.45, 7) is 3.14. The zero-order chi connectivity index (χ0) is 15.1. The second-order valence-electron chi connectivity index (χ2n) is 6.20. The quantitative estimate of drug-likeness (QED) is 0.832. The first-order valence-electron chi connectivity index (χ1n) is 7.71. The number of hydrogen-bond donors (Lipinski definition) is 0. The third-order valence-corrected chi connectivity index (χ3v) is 4.88. The lowest BCUT2D eigenvalue weighted by molar-refractivity contribution is -0.132. The minimum Gasteiger partial charge on any atom is -0.484 e. The predicted molar refractivity (Wildman–Crippen MR) is 79.2 cm³/mol. The standard InChI is InChI=1S/C16H20N2O4/c1-17-5-4-11-7-18(8-13(11)17)16(19)9-20-12-2-3-14-15(6-12)22-10-21-14/h2-3,6,11,13H,4-5,7-10H2,1H3/t11-,13+/m0/s1. The van der Waals surface area contributed by atoms with Crippen molar-refractivity contribution >= 4 is 5.91 Å². The van der Waals surface area contributed by atoms with Crippen LogP contribution in [0.1, 0.15) is 6.42 Å². The Hall–Kier alpha value is -1.95. The zero-order valence-electron chi connectivity index (χ0n) is 12.7. The number of carbonyl (C=O) groups is 1. The molecule has 0 aliphatic carbocycles. The minimum absolute atomic E-state index is 0.0560. The second-order valence-corrected chi connectivity index (χ2v) is 6.20. The third kappa shape index (κ3) is 2.37. The normalized spacial score (nSPS) is 26.3. The summed E-state index contributed by atoms with van der Waals surface area (Å²) in [5.74, 6) is 2.70. The van der Waals surface area contributed by atoms with Gasteiger partial charge in [-0.05, 0) is 38.1 Å². The minimum atomic E-state index is 0.0560. The molecule has 0 N–H and O–H groups in total. The van der Waals surface area contributed by atoms with Crippen LogP contribution in [-0.2, 0) is 4.79 Å². The van der Waals surface area contributed by atoms with Gasteiger partial charge in [-0.2, -0.15) is 0 Å². The first kappa shape index (κ1) is 13.7. The van der Waals surface area contributed by atoms with Gasteiger partial charge in [0.1, 0.15) is 5.75 Å². The smallest absolute Gasteiger partial charge is 0.260 e. The van der Waals surface area contributed by atoms with Crippen molar-refractivity contribution in [1.82, 2.24) is 9.80 Å². The van der Waals surface area contributed by atoms with Gasteiger partial charge in [-0.25, -0.2) is 0 Å². The number of rotatable bonds is 3. The molecular weight excluding hydrogens is 284 g/mol. The Morgan fingerprint density at radius 2 is 2.18 bits per heavy atom. The van der Waals surface area contributed by atoms with Crippen LogP contribution in [0.3, 0.4) is 0 Å². The number of hydrogen-bond acceptors (Lipinski definition) is 5. The number of ether oxygens (including phenoxy) is 3. The molecule has 6 heteroatoms. The van der Waals surface area contributed by atoms with Crippen molar-refractivity contribution in [2.45, 2.75) is 12.5 Å². The summed E-state index contributed by atoms with van der Waals surface area (Å²) in [5.41, 5.74) is 0. The summed E-state index contributed by atoms with van der Waals surface area (Å²) in [6.07, 6.45) is 1.19. The topological polar surface area (TPSA) is 51.2 Å². The number of fused-ring (bicyclic) bond motifs is 2. The fourth-order valence-electron chi connectivity index (χ4n) is 3.58. The Labute approximate surface area is 129 Å². The highest BCUT2D eigenvalue weighted by molar-refractivity contribution is 5.78. The van der Waals surface area contributed by atoms with E-state index in [1.165, 1.54) is 6.42 Å². The summed E-state index contributed by atoms with van der Waals surface area (Å²) in [6, 6.07) is 5.89. The molecular formula is C16H20N2O4. The average molecular weight is 304 g/mol. The maximum Gasteiger partial charge on any atom is 0.260 e. The van der Waals surface area contributed by atoms with Crippen LogP contribution in [0.25, 0.3) is 0 Å². The fourth-order valence-corrected chi connectivity index (χ4v) is 3.58. The van der Waals surface area contributed by atoms with Crippen molar-refractivity contribution < 1.29 is 19.0 Å². The molecule has 2 saturated heterocycles. The molecule has 3 aliphatic heterocycles. The molecule has 22 heavy (non-hydrogen) atoms. The highest BCUT2D eigenvalue weighted by atomic mass is 16.7. The van der Waals surface area contributed by atoms with E-state index in [0.29, 0.717) is 29.2 Å². The van der Waals surface area contributed by atoms with Crippen molar-refractivity contribution in [3.05, 3.63) is 18.2 Å². The van der Waals surface area contributed by atoms with E-state index in [-0.39, 0.29) is 19.3 Å². The molecule has 0 spiro atoms. The summed E-state index contributed by atoms with van der Waals surface area (Å²) in [7, 11) is 2.14. The highest BCUT2D eigenvalue weighted by Crippen LogP contribution is 2.35. The van der Waals surface area contributed by atoms with Gasteiger partial charge < -0.3 is 24.0 Å². The van der Waals surface area contributed by atoms with Gasteiger partial charge >= 0.3 is 0 Å². The molecule has 1 aromatic rings. The van der Waals surface area contributed by atoms with E-state index in [1.807, 2.05) is 4.90 Å². The van der Waals surface area contributed by atoms with Crippen molar-refractivity contribution in [1.29, 1.82) is 0 Å². The molecule has 3 heterocycles. The highest BCUT2D eigenvalue weighted by Gasteiger charge is 2.41. The van der Waals surface area contributed by atoms with Gasteiger partial charge in [0.05, 0.1) is 0 Å². The van der Waals surface area contributed by atoms with Crippen LogP contribution in [-0.4, -0.2) is 61.8 Å². The monoisotopic (exact) mass is 304 g/mol. The van der Waals surface area contributed by atoms with Crippen LogP contribution >= 0.6 is 0 Å². The number of amides is 1. The number of nitrogens with zero attached hydrogens (tertiary/aromatic N) is 2. The summed E-state index contributed by atoms with van der Waals surface area (Å²) < 4.78 is 16.2. The molecule has 2 atom stereocenters. The predicted octanol–water partition coefficient (Wildman–Crippen LogP) is 0.957. The Kier molecular flexibility index (Phi) is 3.33. The Morgan fingerprint density at radius 1 is 1.32 bits per heavy atom. The van der Waals surface area contributed by atoms with E-state index in [9.17, 15) is 4.79 Å². The maximum absolute atomic E-state index is 12.3. The molecule has 118 valence electrons. The van der Waals surface area contributed by atoms with Crippen LogP contribution in [0.15, 0.2) is 18.2 Å². The number of carbonyl (C=O) groups excluding carboxylic acids is 1. The molecule has 0 aromatic heterocycles. The average Bonchev–Trinajstić information content (AvgIpc) is 3.21. The molecule has 4 rings (SSSR count). The Morgan fingerprint density at radius 3 is 3.05 bits per heavy atom. The van der Waals surface area contributed by atoms with Crippen molar-refractivity contribution in [2.75, 3.05) is 40.1 Å². The van der Waals surface area contributed by atoms with Gasteiger partial charge in [0.15, 0.2) is 18.1 Å². The molecule has 2 fully saturated rings. The lowest BCUT2D eigenvalue weighted by atomic mass is 10.1. The summed E-state index contributed by atoms with van der Waals surface area (Å²) >= 11 is 0. The molecule has 0 saturated carbocycles. The van der Waals surface area contributed by atoms with Crippen LogP contribution in [0.4, 0.5) is 0 Å². The number of likely N-dealkylation sites (tertiary alicyclic amines) is 2. The van der Waals surface area contributed by atoms with Gasteiger partial charge in [0.2, 0.25) is 6.79 Å². The van der Waals surface area contributed by atoms with Gasteiger partial charge in [-0.1, -0.05) is 0 Å². The Bertz CT molecular complexity index is 592. The van der Waals surface area contributed by atoms with Gasteiger partial charge in [-0.15, -0.1) is 0 Å². The van der Waals surface area contributed by atoms with Crippen LogP contribution in [0.2, 0.25) is 0 Å². The molecule has 0 bridgehead atoms. The first-order valence-corrected chi connectivity index (χ1v) is 7.71. The second kappa shape index (κ2) is 5.35. The molecule has 3 aliphatic rings. The molecule has 0 radical (unpaired) electrons. The van der Waals surface area contributed by atoms with Gasteiger partial charge in [-0.3, -0.25) is 4.79 Å². The number of benzene rings is 1. The third-order valence-electron chi connectivity index (χ3n) is 4.88. The van der Waals surface area contributed by atoms with E-state index in [4.69, 9.17) is 14.2 Å². The van der Waals surface area contributed by atoms with Crippen LogP contribution < -0.4 is 14.2 Å². The van der Waals surface area contributed by atoms with Crippen molar-refractivity contribution in [3.8, 4) is 17.2 Å². The Balaban J connectivity index is 1.33. The lowest BCUT2D eigenvalue weighted by Crippen LogP contribution is -2.37. The van der Waals surface area contributed by atoms with Crippen molar-refractivity contribution in [3.63, 3.8) is 0 Å². The number of likely N-dealkylation sites (N-methyl/N-ethyl adjacent to an activating group) is 1. The lowest BCUT2D eigenvalue weighted by Gasteiger charge is -2.20. The maximum atomic E-state index is 12.3. The van der Waals surface area contributed by atoms with Crippen LogP contribution in [0.5, 0.6) is 17.2 Å². The fraction of sp³-hybridized carbons (Fsp3) is 0.562. The van der Waals surface area contributed by atoms with Crippen molar-refractivity contribution in [2.24, 2.45) is 5.92 Å². The van der Waals surface area contributed by atoms with E-state index < -0.39 is 0 Å². The summed E-state index contributed by atoms with van der Waals surface area (Å²) in [4.78, 5) is 16.6. The van der Waals surface area contributed by atoms with E-state index in [1.54, 1.807) is 18.2 Å². The van der Waals surface area contributed by atoms with Crippen LogP contribution in [0, 0.1) is 5.92 Å². The van der Waals surface area contributed by atoms with E-state index in [2.05, 4.69) is 11.9 Å². The molecule has 1 amide bonds. The zero-order valence-corrected chi connectivity index (χ0v) is 12.7. The van der Waals surface area contributed by atoms with Gasteiger partial charge in [0.25, 0.3) is 5.91 Å². The summed E-state index contributed by atoms with van der Waals surface area (Å²) in [5, 5.41) is 0. The molecule has 1 aromatic carbocycles.